The van der Waals surface area contributed by atoms with Crippen LogP contribution in [0.25, 0.3) is 0 Å². The SMILES string of the molecule is CCCCCCC(CCCC)COC(=O)CCCCCBr.CCCCCCC(CCCC)COC(=O)CCCCCBr. The first-order valence-corrected chi connectivity index (χ1v) is 20.2. The molecule has 0 aromatic carbocycles. The average Bonchev–Trinajstić information content (AvgIpc) is 3.00. The minimum Gasteiger partial charge on any atom is -0.465 e. The number of halogens is 2. The van der Waals surface area contributed by atoms with Crippen LogP contribution in [0.1, 0.15) is 182 Å². The van der Waals surface area contributed by atoms with Gasteiger partial charge in [-0.25, -0.2) is 0 Å². The van der Waals surface area contributed by atoms with Gasteiger partial charge in [-0.05, 0) is 63.2 Å². The van der Waals surface area contributed by atoms with Crippen molar-refractivity contribution in [2.24, 2.45) is 11.8 Å². The van der Waals surface area contributed by atoms with Gasteiger partial charge in [0.05, 0.1) is 13.2 Å². The molecule has 0 spiro atoms. The fourth-order valence-corrected chi connectivity index (χ4v) is 5.77. The maximum absolute atomic E-state index is 11.7. The third kappa shape index (κ3) is 34.4. The average molecular weight is 727 g/mol. The third-order valence-corrected chi connectivity index (χ3v) is 8.97. The molecule has 0 aliphatic heterocycles. The molecule has 0 aromatic heterocycles. The molecule has 0 aliphatic carbocycles. The van der Waals surface area contributed by atoms with Crippen LogP contribution in [0.15, 0.2) is 0 Å². The monoisotopic (exact) mass is 724 g/mol. The molecule has 0 aromatic rings. The number of carbonyl (C=O) groups is 2. The number of rotatable bonds is 30. The summed E-state index contributed by atoms with van der Waals surface area (Å²) in [5.74, 6) is 1.15. The Balaban J connectivity index is 0. The van der Waals surface area contributed by atoms with E-state index in [4.69, 9.17) is 9.47 Å². The van der Waals surface area contributed by atoms with Crippen molar-refractivity contribution in [2.45, 2.75) is 182 Å². The molecule has 0 saturated heterocycles. The van der Waals surface area contributed by atoms with E-state index in [0.717, 1.165) is 49.2 Å². The predicted molar refractivity (Wildman–Crippen MR) is 190 cm³/mol. The van der Waals surface area contributed by atoms with E-state index in [0.29, 0.717) is 37.9 Å². The maximum atomic E-state index is 11.7. The lowest BCUT2D eigenvalue weighted by Crippen LogP contribution is -2.14. The molecule has 0 aliphatic rings. The van der Waals surface area contributed by atoms with Crippen molar-refractivity contribution in [3.8, 4) is 0 Å². The first kappa shape index (κ1) is 44.0. The molecule has 42 heavy (non-hydrogen) atoms. The highest BCUT2D eigenvalue weighted by Crippen LogP contribution is 2.19. The van der Waals surface area contributed by atoms with Crippen LogP contribution in [0, 0.1) is 11.8 Å². The van der Waals surface area contributed by atoms with Crippen LogP contribution in [0.3, 0.4) is 0 Å². The van der Waals surface area contributed by atoms with E-state index in [1.54, 1.807) is 0 Å². The van der Waals surface area contributed by atoms with Crippen molar-refractivity contribution < 1.29 is 19.1 Å². The second-order valence-corrected chi connectivity index (χ2v) is 13.7. The molecule has 0 N–H and O–H groups in total. The van der Waals surface area contributed by atoms with Crippen molar-refractivity contribution >= 4 is 43.8 Å². The summed E-state index contributed by atoms with van der Waals surface area (Å²) in [5, 5.41) is 2.05. The zero-order valence-corrected chi connectivity index (χ0v) is 31.5. The number of hydrogen-bond donors (Lipinski definition) is 0. The second-order valence-electron chi connectivity index (χ2n) is 12.1. The summed E-state index contributed by atoms with van der Waals surface area (Å²) in [6.07, 6.45) is 27.8. The lowest BCUT2D eigenvalue weighted by Gasteiger charge is -2.16. The molecule has 0 radical (unpaired) electrons. The lowest BCUT2D eigenvalue weighted by molar-refractivity contribution is -0.146. The fourth-order valence-electron chi connectivity index (χ4n) is 4.97. The predicted octanol–water partition coefficient (Wildman–Crippen LogP) is 12.5. The normalized spacial score (nSPS) is 12.3. The summed E-state index contributed by atoms with van der Waals surface area (Å²) in [7, 11) is 0. The molecule has 0 saturated carbocycles. The summed E-state index contributed by atoms with van der Waals surface area (Å²) < 4.78 is 11.0. The van der Waals surface area contributed by atoms with E-state index < -0.39 is 0 Å². The Morgan fingerprint density at radius 2 is 0.786 bits per heavy atom. The van der Waals surface area contributed by atoms with Gasteiger partial charge in [0.15, 0.2) is 0 Å². The number of carbonyl (C=O) groups excluding carboxylic acids is 2. The van der Waals surface area contributed by atoms with Gasteiger partial charge < -0.3 is 9.47 Å². The lowest BCUT2D eigenvalue weighted by atomic mass is 9.96. The molecule has 0 amide bonds. The van der Waals surface area contributed by atoms with E-state index in [-0.39, 0.29) is 11.9 Å². The van der Waals surface area contributed by atoms with Crippen molar-refractivity contribution in [2.75, 3.05) is 23.9 Å². The third-order valence-electron chi connectivity index (χ3n) is 7.85. The van der Waals surface area contributed by atoms with Crippen molar-refractivity contribution in [1.82, 2.24) is 0 Å². The first-order valence-electron chi connectivity index (χ1n) is 17.9. The zero-order chi connectivity index (χ0) is 31.5. The number of ether oxygens (including phenoxy) is 2. The van der Waals surface area contributed by atoms with Crippen molar-refractivity contribution in [3.63, 3.8) is 0 Å². The molecule has 0 fully saturated rings. The van der Waals surface area contributed by atoms with Gasteiger partial charge in [-0.3, -0.25) is 9.59 Å². The summed E-state index contributed by atoms with van der Waals surface area (Å²) in [5.41, 5.74) is 0. The van der Waals surface area contributed by atoms with E-state index >= 15 is 0 Å². The van der Waals surface area contributed by atoms with Crippen LogP contribution in [0.2, 0.25) is 0 Å². The fraction of sp³-hybridized carbons (Fsp3) is 0.944. The van der Waals surface area contributed by atoms with Gasteiger partial charge in [-0.15, -0.1) is 0 Å². The highest BCUT2D eigenvalue weighted by molar-refractivity contribution is 9.09. The van der Waals surface area contributed by atoms with Crippen LogP contribution in [-0.2, 0) is 19.1 Å². The highest BCUT2D eigenvalue weighted by Gasteiger charge is 2.13. The summed E-state index contributed by atoms with van der Waals surface area (Å²) in [6.45, 7) is 10.2. The standard InChI is InChI=1S/2C18H35BrO2/c2*1-3-5-7-9-13-17(12-6-4-2)16-21-18(20)14-10-8-11-15-19/h2*17H,3-16H2,1-2H3. The molecule has 252 valence electrons. The molecule has 0 bridgehead atoms. The van der Waals surface area contributed by atoms with Gasteiger partial charge in [-0.2, -0.15) is 0 Å². The molecule has 2 unspecified atom stereocenters. The summed E-state index contributed by atoms with van der Waals surface area (Å²) in [6, 6.07) is 0. The van der Waals surface area contributed by atoms with Gasteiger partial charge in [0.1, 0.15) is 0 Å². The van der Waals surface area contributed by atoms with Gasteiger partial charge in [0.25, 0.3) is 0 Å². The second kappa shape index (κ2) is 37.1. The minimum atomic E-state index is -0.000343. The Morgan fingerprint density at radius 3 is 1.12 bits per heavy atom. The van der Waals surface area contributed by atoms with Crippen molar-refractivity contribution in [1.29, 1.82) is 0 Å². The van der Waals surface area contributed by atoms with Crippen LogP contribution < -0.4 is 0 Å². The van der Waals surface area contributed by atoms with Gasteiger partial charge in [0, 0.05) is 23.5 Å². The van der Waals surface area contributed by atoms with E-state index in [1.165, 1.54) is 103 Å². The topological polar surface area (TPSA) is 52.6 Å². The Labute approximate surface area is 279 Å². The largest absolute Gasteiger partial charge is 0.465 e. The summed E-state index contributed by atoms with van der Waals surface area (Å²) in [4.78, 5) is 23.5. The van der Waals surface area contributed by atoms with E-state index in [2.05, 4.69) is 59.6 Å². The van der Waals surface area contributed by atoms with Crippen LogP contribution >= 0.6 is 31.9 Å². The van der Waals surface area contributed by atoms with Gasteiger partial charge in [-0.1, -0.05) is 149 Å². The number of esters is 2. The molecular weight excluding hydrogens is 656 g/mol. The smallest absolute Gasteiger partial charge is 0.305 e. The van der Waals surface area contributed by atoms with Crippen molar-refractivity contribution in [3.05, 3.63) is 0 Å². The zero-order valence-electron chi connectivity index (χ0n) is 28.3. The molecular formula is C36H70Br2O4. The van der Waals surface area contributed by atoms with Gasteiger partial charge >= 0.3 is 11.9 Å². The molecule has 2 atom stereocenters. The Hall–Kier alpha value is -0.100. The molecule has 4 nitrogen and oxygen atoms in total. The van der Waals surface area contributed by atoms with E-state index in [1.807, 2.05) is 0 Å². The molecule has 0 rings (SSSR count). The number of hydrogen-bond acceptors (Lipinski definition) is 4. The van der Waals surface area contributed by atoms with Crippen LogP contribution in [0.4, 0.5) is 0 Å². The van der Waals surface area contributed by atoms with Crippen LogP contribution in [0.5, 0.6) is 0 Å². The number of unbranched alkanes of at least 4 members (excludes halogenated alkanes) is 12. The Kier molecular flexibility index (Phi) is 38.9. The Bertz CT molecular complexity index is 511. The highest BCUT2D eigenvalue weighted by atomic mass is 79.9. The van der Waals surface area contributed by atoms with Crippen LogP contribution in [-0.4, -0.2) is 35.8 Å². The number of alkyl halides is 2. The summed E-state index contributed by atoms with van der Waals surface area (Å²) >= 11 is 6.82. The first-order chi connectivity index (χ1) is 20.5. The Morgan fingerprint density at radius 1 is 0.452 bits per heavy atom. The molecule has 0 heterocycles. The van der Waals surface area contributed by atoms with Gasteiger partial charge in [0.2, 0.25) is 0 Å². The minimum absolute atomic E-state index is 0.000343. The maximum Gasteiger partial charge on any atom is 0.305 e. The van der Waals surface area contributed by atoms with E-state index in [9.17, 15) is 9.59 Å². The quantitative estimate of drug-likeness (QED) is 0.0420. The molecule has 6 heteroatoms.